The van der Waals surface area contributed by atoms with E-state index in [0.717, 1.165) is 12.8 Å². The van der Waals surface area contributed by atoms with Crippen molar-refractivity contribution in [2.75, 3.05) is 5.32 Å². The van der Waals surface area contributed by atoms with Gasteiger partial charge in [0, 0.05) is 12.6 Å². The van der Waals surface area contributed by atoms with Crippen molar-refractivity contribution in [1.82, 2.24) is 14.7 Å². The van der Waals surface area contributed by atoms with Crippen LogP contribution in [0.5, 0.6) is 0 Å². The van der Waals surface area contributed by atoms with Gasteiger partial charge in [0.05, 0.1) is 21.8 Å². The van der Waals surface area contributed by atoms with E-state index in [1.54, 1.807) is 30.5 Å². The van der Waals surface area contributed by atoms with E-state index in [-0.39, 0.29) is 11.5 Å². The third-order valence-electron chi connectivity index (χ3n) is 5.04. The molecule has 0 aliphatic carbocycles. The SMILES string of the molecule is Cc1cc(NC(=O)C(C)Sc2nc3ccccc3c(=O)n2CCCc2ccccc2)on1. The first-order chi connectivity index (χ1) is 15.5. The van der Waals surface area contributed by atoms with Crippen LogP contribution in [0.2, 0.25) is 0 Å². The van der Waals surface area contributed by atoms with Crippen molar-refractivity contribution in [1.29, 1.82) is 0 Å². The smallest absolute Gasteiger partial charge is 0.262 e. The number of hydrogen-bond acceptors (Lipinski definition) is 6. The van der Waals surface area contributed by atoms with Crippen molar-refractivity contribution < 1.29 is 9.32 Å². The summed E-state index contributed by atoms with van der Waals surface area (Å²) in [6.45, 7) is 4.08. The number of thioether (sulfide) groups is 1. The number of benzene rings is 2. The number of aryl methyl sites for hydroxylation is 2. The van der Waals surface area contributed by atoms with E-state index in [2.05, 4.69) is 22.6 Å². The summed E-state index contributed by atoms with van der Waals surface area (Å²) < 4.78 is 6.75. The number of carbonyl (C=O) groups is 1. The minimum Gasteiger partial charge on any atom is -0.338 e. The molecule has 1 unspecified atom stereocenters. The van der Waals surface area contributed by atoms with Crippen molar-refractivity contribution >= 4 is 34.5 Å². The fraction of sp³-hybridized carbons (Fsp3) is 0.250. The molecule has 0 fully saturated rings. The summed E-state index contributed by atoms with van der Waals surface area (Å²) in [6, 6.07) is 19.1. The maximum absolute atomic E-state index is 13.2. The number of carbonyl (C=O) groups excluding carboxylic acids is 1. The minimum absolute atomic E-state index is 0.0929. The lowest BCUT2D eigenvalue weighted by molar-refractivity contribution is -0.115. The summed E-state index contributed by atoms with van der Waals surface area (Å²) in [5.41, 5.74) is 2.44. The highest BCUT2D eigenvalue weighted by atomic mass is 32.2. The molecule has 2 heterocycles. The Labute approximate surface area is 189 Å². The zero-order valence-corrected chi connectivity index (χ0v) is 18.8. The minimum atomic E-state index is -0.492. The Kier molecular flexibility index (Phi) is 6.70. The van der Waals surface area contributed by atoms with Crippen LogP contribution in [0.3, 0.4) is 0 Å². The number of nitrogens with one attached hydrogen (secondary N) is 1. The van der Waals surface area contributed by atoms with Gasteiger partial charge in [-0.2, -0.15) is 0 Å². The Hall–Kier alpha value is -3.39. The predicted molar refractivity (Wildman–Crippen MR) is 126 cm³/mol. The van der Waals surface area contributed by atoms with Gasteiger partial charge in [0.2, 0.25) is 11.8 Å². The summed E-state index contributed by atoms with van der Waals surface area (Å²) in [5, 5.41) is 7.10. The first-order valence-electron chi connectivity index (χ1n) is 10.5. The first kappa shape index (κ1) is 21.8. The average Bonchev–Trinajstić information content (AvgIpc) is 3.21. The normalized spacial score (nSPS) is 12.1. The summed E-state index contributed by atoms with van der Waals surface area (Å²) in [6.07, 6.45) is 1.64. The summed E-state index contributed by atoms with van der Waals surface area (Å²) in [5.74, 6) is 0.0519. The molecule has 0 radical (unpaired) electrons. The number of anilines is 1. The molecule has 1 atom stereocenters. The van der Waals surface area contributed by atoms with Crippen molar-refractivity contribution in [3.63, 3.8) is 0 Å². The molecular weight excluding hydrogens is 424 g/mol. The van der Waals surface area contributed by atoms with Crippen LogP contribution in [0.4, 0.5) is 5.88 Å². The molecule has 0 saturated heterocycles. The Bertz CT molecular complexity index is 1280. The van der Waals surface area contributed by atoms with E-state index in [9.17, 15) is 9.59 Å². The second-order valence-corrected chi connectivity index (χ2v) is 8.85. The lowest BCUT2D eigenvalue weighted by atomic mass is 10.1. The van der Waals surface area contributed by atoms with Crippen LogP contribution in [0.1, 0.15) is 24.6 Å². The number of rotatable bonds is 8. The molecule has 0 aliphatic rings. The highest BCUT2D eigenvalue weighted by molar-refractivity contribution is 8.00. The molecule has 0 saturated carbocycles. The third kappa shape index (κ3) is 5.08. The van der Waals surface area contributed by atoms with Gasteiger partial charge in [-0.3, -0.25) is 19.5 Å². The average molecular weight is 449 g/mol. The van der Waals surface area contributed by atoms with E-state index in [1.165, 1.54) is 17.3 Å². The maximum Gasteiger partial charge on any atom is 0.262 e. The molecule has 1 N–H and O–H groups in total. The standard InChI is InChI=1S/C24H24N4O3S/c1-16-15-21(31-27-16)26-22(29)17(2)32-24-25-20-13-7-6-12-19(20)23(30)28(24)14-8-11-18-9-4-3-5-10-18/h3-7,9-10,12-13,15,17H,8,11,14H2,1-2H3,(H,26,29). The lowest BCUT2D eigenvalue weighted by Gasteiger charge is -2.16. The van der Waals surface area contributed by atoms with Gasteiger partial charge in [-0.15, -0.1) is 0 Å². The quantitative estimate of drug-likeness (QED) is 0.316. The number of fused-ring (bicyclic) bond motifs is 1. The van der Waals surface area contributed by atoms with Crippen LogP contribution in [0.25, 0.3) is 10.9 Å². The molecule has 0 bridgehead atoms. The van der Waals surface area contributed by atoms with Crippen molar-refractivity contribution in [2.45, 2.75) is 43.6 Å². The molecule has 2 aromatic carbocycles. The summed E-state index contributed by atoms with van der Waals surface area (Å²) in [4.78, 5) is 30.6. The molecule has 7 nitrogen and oxygen atoms in total. The topological polar surface area (TPSA) is 90.0 Å². The van der Waals surface area contributed by atoms with Gasteiger partial charge in [0.1, 0.15) is 0 Å². The molecule has 0 spiro atoms. The Morgan fingerprint density at radius 2 is 1.91 bits per heavy atom. The second kappa shape index (κ2) is 9.82. The van der Waals surface area contributed by atoms with Gasteiger partial charge in [-0.1, -0.05) is 59.4 Å². The fourth-order valence-corrected chi connectivity index (χ4v) is 4.31. The third-order valence-corrected chi connectivity index (χ3v) is 6.13. The number of hydrogen-bond donors (Lipinski definition) is 1. The van der Waals surface area contributed by atoms with Gasteiger partial charge in [0.15, 0.2) is 5.16 Å². The Morgan fingerprint density at radius 1 is 1.16 bits per heavy atom. The Balaban J connectivity index is 1.56. The van der Waals surface area contributed by atoms with Crippen LogP contribution < -0.4 is 10.9 Å². The zero-order valence-electron chi connectivity index (χ0n) is 17.9. The maximum atomic E-state index is 13.2. The largest absolute Gasteiger partial charge is 0.338 e. The van der Waals surface area contributed by atoms with Crippen molar-refractivity contribution in [3.8, 4) is 0 Å². The highest BCUT2D eigenvalue weighted by Crippen LogP contribution is 2.24. The summed E-state index contributed by atoms with van der Waals surface area (Å²) in [7, 11) is 0. The van der Waals surface area contributed by atoms with Crippen LogP contribution in [-0.2, 0) is 17.8 Å². The lowest BCUT2D eigenvalue weighted by Crippen LogP contribution is -2.27. The van der Waals surface area contributed by atoms with Crippen LogP contribution in [0, 0.1) is 6.92 Å². The van der Waals surface area contributed by atoms with Crippen LogP contribution >= 0.6 is 11.8 Å². The van der Waals surface area contributed by atoms with Gasteiger partial charge in [0.25, 0.3) is 5.56 Å². The molecule has 2 aromatic heterocycles. The molecule has 4 aromatic rings. The van der Waals surface area contributed by atoms with E-state index in [4.69, 9.17) is 9.51 Å². The number of aromatic nitrogens is 3. The van der Waals surface area contributed by atoms with Crippen molar-refractivity contribution in [3.05, 3.63) is 82.3 Å². The first-order valence-corrected chi connectivity index (χ1v) is 11.3. The highest BCUT2D eigenvalue weighted by Gasteiger charge is 2.20. The molecule has 164 valence electrons. The molecule has 1 amide bonds. The van der Waals surface area contributed by atoms with Gasteiger partial charge in [-0.25, -0.2) is 4.98 Å². The van der Waals surface area contributed by atoms with E-state index in [0.29, 0.717) is 34.2 Å². The number of nitrogens with zero attached hydrogens (tertiary/aromatic N) is 3. The molecule has 8 heteroatoms. The molecule has 32 heavy (non-hydrogen) atoms. The number of para-hydroxylation sites is 1. The summed E-state index contributed by atoms with van der Waals surface area (Å²) >= 11 is 1.26. The van der Waals surface area contributed by atoms with E-state index >= 15 is 0 Å². The monoisotopic (exact) mass is 448 g/mol. The molecule has 0 aliphatic heterocycles. The van der Waals surface area contributed by atoms with Crippen molar-refractivity contribution in [2.24, 2.45) is 0 Å². The van der Waals surface area contributed by atoms with E-state index < -0.39 is 5.25 Å². The van der Waals surface area contributed by atoms with Gasteiger partial charge < -0.3 is 4.52 Å². The molecular formula is C24H24N4O3S. The van der Waals surface area contributed by atoms with E-state index in [1.807, 2.05) is 36.4 Å². The number of amides is 1. The van der Waals surface area contributed by atoms with Crippen LogP contribution in [0.15, 0.2) is 75.1 Å². The predicted octanol–water partition coefficient (Wildman–Crippen LogP) is 4.45. The zero-order chi connectivity index (χ0) is 22.5. The Morgan fingerprint density at radius 3 is 2.66 bits per heavy atom. The second-order valence-electron chi connectivity index (χ2n) is 7.54. The van der Waals surface area contributed by atoms with Gasteiger partial charge in [-0.05, 0) is 44.4 Å². The van der Waals surface area contributed by atoms with Gasteiger partial charge >= 0.3 is 0 Å². The molecule has 4 rings (SSSR count). The van der Waals surface area contributed by atoms with Crippen LogP contribution in [-0.4, -0.2) is 25.9 Å². The fourth-order valence-electron chi connectivity index (χ4n) is 3.38.